The minimum Gasteiger partial charge on any atom is -0.497 e. The van der Waals surface area contributed by atoms with E-state index in [0.29, 0.717) is 23.5 Å². The Hall–Kier alpha value is -4.03. The van der Waals surface area contributed by atoms with Gasteiger partial charge < -0.3 is 35.2 Å². The Morgan fingerprint density at radius 3 is 2.43 bits per heavy atom. The molecule has 46 heavy (non-hydrogen) atoms. The van der Waals surface area contributed by atoms with Crippen molar-refractivity contribution in [1.29, 1.82) is 0 Å². The first-order valence-electron chi connectivity index (χ1n) is 15.6. The molecule has 3 aromatic rings. The van der Waals surface area contributed by atoms with Gasteiger partial charge in [-0.25, -0.2) is 0 Å². The molecule has 1 spiro atoms. The minimum absolute atomic E-state index is 0.0250. The van der Waals surface area contributed by atoms with E-state index in [1.54, 1.807) is 30.2 Å². The molecule has 0 saturated carbocycles. The largest absolute Gasteiger partial charge is 0.497 e. The van der Waals surface area contributed by atoms with Gasteiger partial charge in [-0.1, -0.05) is 67.7 Å². The maximum absolute atomic E-state index is 14.0. The number of benzene rings is 3. The first-order chi connectivity index (χ1) is 21.9. The van der Waals surface area contributed by atoms with Crippen LogP contribution in [0.25, 0.3) is 0 Å². The fraction of sp³-hybridized carbons (Fsp3) is 0.400. The molecule has 11 heteroatoms. The lowest BCUT2D eigenvalue weighted by Gasteiger charge is -2.37. The third kappa shape index (κ3) is 6.20. The van der Waals surface area contributed by atoms with Gasteiger partial charge in [-0.2, -0.15) is 0 Å². The third-order valence-electron chi connectivity index (χ3n) is 9.55. The summed E-state index contributed by atoms with van der Waals surface area (Å²) >= 11 is 0. The molecule has 4 N–H and O–H groups in total. The number of hydrogen-bond donors (Lipinski definition) is 4. The van der Waals surface area contributed by atoms with Crippen molar-refractivity contribution in [2.24, 2.45) is 5.92 Å². The van der Waals surface area contributed by atoms with Gasteiger partial charge in [0.2, 0.25) is 5.91 Å². The van der Waals surface area contributed by atoms with Crippen molar-refractivity contribution in [3.05, 3.63) is 83.9 Å². The van der Waals surface area contributed by atoms with Gasteiger partial charge in [-0.3, -0.25) is 14.4 Å². The molecule has 10 nitrogen and oxygen atoms in total. The second-order valence-electron chi connectivity index (χ2n) is 12.8. The van der Waals surface area contributed by atoms with E-state index in [2.05, 4.69) is 35.9 Å². The van der Waals surface area contributed by atoms with E-state index in [1.807, 2.05) is 49.4 Å². The summed E-state index contributed by atoms with van der Waals surface area (Å²) in [6.07, 6.45) is -1.80. The molecular formula is C35H43N3O7Si. The number of carbonyl (C=O) groups excluding carboxylic acids is 3. The van der Waals surface area contributed by atoms with Crippen LogP contribution in [0.4, 0.5) is 11.4 Å². The Kier molecular flexibility index (Phi) is 9.69. The Morgan fingerprint density at radius 1 is 1.11 bits per heavy atom. The molecule has 244 valence electrons. The molecule has 2 aliphatic rings. The number of carbonyl (C=O) groups is 3. The van der Waals surface area contributed by atoms with Crippen molar-refractivity contribution < 1.29 is 34.1 Å². The van der Waals surface area contributed by atoms with Gasteiger partial charge >= 0.3 is 0 Å². The average molecular weight is 646 g/mol. The topological polar surface area (TPSA) is 137 Å². The van der Waals surface area contributed by atoms with Crippen LogP contribution in [-0.2, 0) is 31.3 Å². The van der Waals surface area contributed by atoms with Gasteiger partial charge in [0.1, 0.15) is 11.9 Å². The number of aliphatic hydroxyl groups excluding tert-OH is 2. The van der Waals surface area contributed by atoms with Crippen molar-refractivity contribution in [2.75, 3.05) is 30.9 Å². The molecule has 0 aromatic heterocycles. The van der Waals surface area contributed by atoms with E-state index in [0.717, 1.165) is 16.5 Å². The van der Waals surface area contributed by atoms with Gasteiger partial charge in [0, 0.05) is 35.9 Å². The van der Waals surface area contributed by atoms with E-state index in [-0.39, 0.29) is 42.8 Å². The van der Waals surface area contributed by atoms with Crippen LogP contribution in [0.5, 0.6) is 5.75 Å². The number of ether oxygens (including phenoxy) is 2. The van der Waals surface area contributed by atoms with Crippen molar-refractivity contribution in [3.63, 3.8) is 0 Å². The smallest absolute Gasteiger partial charge is 0.261 e. The zero-order chi connectivity index (χ0) is 33.2. The molecule has 0 radical (unpaired) electrons. The van der Waals surface area contributed by atoms with E-state index < -0.39 is 31.8 Å². The predicted octanol–water partition coefficient (Wildman–Crippen LogP) is 3.59. The predicted molar refractivity (Wildman–Crippen MR) is 179 cm³/mol. The molecule has 2 heterocycles. The molecule has 0 bridgehead atoms. The molecule has 1 saturated heterocycles. The Labute approximate surface area is 270 Å². The van der Waals surface area contributed by atoms with E-state index in [4.69, 9.17) is 9.47 Å². The summed E-state index contributed by atoms with van der Waals surface area (Å²) < 4.78 is 12.3. The fourth-order valence-electron chi connectivity index (χ4n) is 7.17. The second kappa shape index (κ2) is 13.4. The monoisotopic (exact) mass is 645 g/mol. The number of nitrogens with zero attached hydrogens (tertiary/aromatic N) is 1. The number of methoxy groups -OCH3 is 1. The van der Waals surface area contributed by atoms with Crippen LogP contribution in [0.3, 0.4) is 0 Å². The third-order valence-corrected chi connectivity index (χ3v) is 13.9. The number of amides is 3. The highest BCUT2D eigenvalue weighted by Gasteiger charge is 2.65. The van der Waals surface area contributed by atoms with Crippen LogP contribution >= 0.6 is 0 Å². The molecule has 1 fully saturated rings. The summed E-state index contributed by atoms with van der Waals surface area (Å²) in [7, 11) is -0.863. The molecule has 0 unspecified atom stereocenters. The maximum Gasteiger partial charge on any atom is 0.261 e. The number of rotatable bonds is 11. The van der Waals surface area contributed by atoms with Gasteiger partial charge in [-0.05, 0) is 48.4 Å². The first-order valence-corrected chi connectivity index (χ1v) is 18.7. The molecular weight excluding hydrogens is 602 g/mol. The fourth-order valence-corrected chi connectivity index (χ4v) is 11.2. The quantitative estimate of drug-likeness (QED) is 0.234. The summed E-state index contributed by atoms with van der Waals surface area (Å²) in [6.45, 7) is 8.19. The molecule has 2 aliphatic heterocycles. The van der Waals surface area contributed by atoms with Gasteiger partial charge in [0.25, 0.3) is 11.8 Å². The van der Waals surface area contributed by atoms with Crippen LogP contribution in [0.15, 0.2) is 72.8 Å². The van der Waals surface area contributed by atoms with Crippen LogP contribution in [0, 0.1) is 5.92 Å². The Bertz CT molecular complexity index is 1580. The number of aliphatic hydroxyl groups is 2. The van der Waals surface area contributed by atoms with Gasteiger partial charge in [-0.15, -0.1) is 0 Å². The SMILES string of the molecule is COc1ccc([Si](C)(C)[C@@H]2[C@@H](CC(=O)N(CCO)Cc3ccccc3)O[C@]3(C(=O)Nc4ccc(NC(=O)[C@H](C)O)cc43)[C@H]2C)cc1. The van der Waals surface area contributed by atoms with Crippen molar-refractivity contribution >= 4 is 42.4 Å². The normalized spacial score (nSPS) is 22.7. The molecule has 3 aromatic carbocycles. The highest BCUT2D eigenvalue weighted by Crippen LogP contribution is 2.59. The summed E-state index contributed by atoms with van der Waals surface area (Å²) in [5.74, 6) is -0.663. The second-order valence-corrected chi connectivity index (χ2v) is 17.5. The number of anilines is 2. The van der Waals surface area contributed by atoms with Crippen LogP contribution in [-0.4, -0.2) is 73.4 Å². The summed E-state index contributed by atoms with van der Waals surface area (Å²) in [4.78, 5) is 42.0. The summed E-state index contributed by atoms with van der Waals surface area (Å²) in [5, 5.41) is 26.4. The average Bonchev–Trinajstić information content (AvgIpc) is 3.49. The molecule has 5 rings (SSSR count). The first kappa shape index (κ1) is 33.3. The van der Waals surface area contributed by atoms with Crippen molar-refractivity contribution in [3.8, 4) is 5.75 Å². The summed E-state index contributed by atoms with van der Waals surface area (Å²) in [5.41, 5.74) is 0.953. The Balaban J connectivity index is 1.55. The maximum atomic E-state index is 14.0. The van der Waals surface area contributed by atoms with E-state index >= 15 is 0 Å². The Morgan fingerprint density at radius 2 is 1.80 bits per heavy atom. The lowest BCUT2D eigenvalue weighted by atomic mass is 9.82. The number of hydrogen-bond acceptors (Lipinski definition) is 7. The number of fused-ring (bicyclic) bond motifs is 2. The van der Waals surface area contributed by atoms with Crippen LogP contribution in [0.2, 0.25) is 18.6 Å². The molecule has 5 atom stereocenters. The van der Waals surface area contributed by atoms with Crippen molar-refractivity contribution in [2.45, 2.75) is 63.3 Å². The highest BCUT2D eigenvalue weighted by atomic mass is 28.3. The van der Waals surface area contributed by atoms with Crippen molar-refractivity contribution in [1.82, 2.24) is 4.90 Å². The lowest BCUT2D eigenvalue weighted by Crippen LogP contribution is -2.52. The highest BCUT2D eigenvalue weighted by molar-refractivity contribution is 6.91. The molecule has 0 aliphatic carbocycles. The minimum atomic E-state index is -2.49. The zero-order valence-electron chi connectivity index (χ0n) is 26.9. The number of nitrogens with one attached hydrogen (secondary N) is 2. The van der Waals surface area contributed by atoms with E-state index in [1.165, 1.54) is 6.92 Å². The van der Waals surface area contributed by atoms with Gasteiger partial charge in [0.15, 0.2) is 5.60 Å². The lowest BCUT2D eigenvalue weighted by molar-refractivity contribution is -0.148. The zero-order valence-corrected chi connectivity index (χ0v) is 27.9. The van der Waals surface area contributed by atoms with Crippen LogP contribution < -0.4 is 20.6 Å². The van der Waals surface area contributed by atoms with Gasteiger partial charge in [0.05, 0.1) is 34.3 Å². The standard InChI is InChI=1S/C35H43N3O7Si/c1-22-32(46(4,5)27-14-12-26(44-3)13-15-27)30(20-31(41)38(17-18-39)21-24-9-7-6-8-10-24)45-35(22)28-19-25(36-33(42)23(2)40)11-16-29(28)37-34(35)43/h6-16,19,22-23,30,32,39-40H,17-18,20-21H2,1-5H3,(H,36,42)(H,37,43)/t22-,23-,30+,32-,35+/m0/s1. The molecule has 3 amide bonds. The van der Waals surface area contributed by atoms with Crippen LogP contribution in [0.1, 0.15) is 31.4 Å². The van der Waals surface area contributed by atoms with E-state index in [9.17, 15) is 24.6 Å². The summed E-state index contributed by atoms with van der Waals surface area (Å²) in [6, 6.07) is 22.7.